The van der Waals surface area contributed by atoms with Crippen molar-refractivity contribution in [2.24, 2.45) is 0 Å². The number of nitrogens with two attached hydrogens (primary N) is 1. The van der Waals surface area contributed by atoms with E-state index in [-0.39, 0.29) is 11.7 Å². The van der Waals surface area contributed by atoms with Crippen LogP contribution >= 0.6 is 45.9 Å². The molecule has 0 radical (unpaired) electrons. The van der Waals surface area contributed by atoms with Crippen molar-refractivity contribution in [3.63, 3.8) is 0 Å². The van der Waals surface area contributed by atoms with Crippen LogP contribution in [0.4, 0.5) is 11.4 Å². The molecule has 0 bridgehead atoms. The Kier molecular flexibility index (Phi) is 6.89. The highest BCUT2D eigenvalue weighted by Crippen LogP contribution is 2.36. The van der Waals surface area contributed by atoms with Crippen molar-refractivity contribution in [3.8, 4) is 11.3 Å². The van der Waals surface area contributed by atoms with E-state index in [2.05, 4.69) is 10.3 Å². The van der Waals surface area contributed by atoms with E-state index >= 15 is 0 Å². The molecular formula is C27H17Cl2N3O2S2. The average Bonchev–Trinajstić information content (AvgIpc) is 3.51. The number of amides is 1. The Labute approximate surface area is 224 Å². The number of pyridine rings is 1. The number of allylic oxidation sites excluding steroid dienone is 1. The van der Waals surface area contributed by atoms with E-state index in [1.54, 1.807) is 59.9 Å². The van der Waals surface area contributed by atoms with E-state index in [1.165, 1.54) is 17.4 Å². The van der Waals surface area contributed by atoms with Gasteiger partial charge in [0.15, 0.2) is 5.78 Å². The molecule has 178 valence electrons. The van der Waals surface area contributed by atoms with Gasteiger partial charge in [-0.2, -0.15) is 0 Å². The number of aromatic nitrogens is 1. The van der Waals surface area contributed by atoms with Crippen LogP contribution in [0.2, 0.25) is 10.0 Å². The number of fused-ring (bicyclic) bond motifs is 1. The van der Waals surface area contributed by atoms with Crippen LogP contribution in [0.3, 0.4) is 0 Å². The SMILES string of the molecule is Nc1c(C(=O)Nc2ccc(C(=O)C=Cc3cccs3)cc2)sc2nc(-c3ccc(Cl)cc3Cl)ccc12. The zero-order valence-electron chi connectivity index (χ0n) is 18.5. The van der Waals surface area contributed by atoms with Crippen LogP contribution in [0.5, 0.6) is 0 Å². The summed E-state index contributed by atoms with van der Waals surface area (Å²) in [5, 5.41) is 6.51. The van der Waals surface area contributed by atoms with Crippen LogP contribution in [0.25, 0.3) is 27.6 Å². The molecule has 0 aliphatic carbocycles. The van der Waals surface area contributed by atoms with Gasteiger partial charge >= 0.3 is 0 Å². The number of nitrogens with zero attached hydrogens (tertiary/aromatic N) is 1. The molecule has 9 heteroatoms. The minimum atomic E-state index is -0.349. The number of halogens is 2. The highest BCUT2D eigenvalue weighted by atomic mass is 35.5. The minimum Gasteiger partial charge on any atom is -0.397 e. The second-order valence-corrected chi connectivity index (χ2v) is 10.6. The summed E-state index contributed by atoms with van der Waals surface area (Å²) in [5.74, 6) is -0.462. The van der Waals surface area contributed by atoms with Gasteiger partial charge < -0.3 is 11.1 Å². The van der Waals surface area contributed by atoms with Crippen LogP contribution in [0.1, 0.15) is 24.9 Å². The number of thiophene rings is 2. The molecule has 3 N–H and O–H groups in total. The standard InChI is InChI=1S/C27H17Cl2N3O2S2/c28-16-5-9-19(21(29)14-16)22-11-10-20-24(30)25(36-27(20)32-22)26(34)31-17-6-3-15(4-7-17)23(33)12-8-18-2-1-13-35-18/h1-14H,30H2,(H,31,34). The number of anilines is 2. The largest absolute Gasteiger partial charge is 0.397 e. The first kappa shape index (κ1) is 24.2. The number of hydrogen-bond acceptors (Lipinski definition) is 6. The molecule has 0 aliphatic heterocycles. The summed E-state index contributed by atoms with van der Waals surface area (Å²) in [5.41, 5.74) is 9.12. The number of nitrogens with one attached hydrogen (secondary N) is 1. The van der Waals surface area contributed by atoms with Crippen molar-refractivity contribution in [1.82, 2.24) is 4.98 Å². The Morgan fingerprint density at radius 2 is 1.81 bits per heavy atom. The van der Waals surface area contributed by atoms with Crippen molar-refractivity contribution >= 4 is 85.2 Å². The molecule has 0 saturated carbocycles. The Morgan fingerprint density at radius 3 is 2.53 bits per heavy atom. The maximum atomic E-state index is 13.0. The lowest BCUT2D eigenvalue weighted by Gasteiger charge is -2.05. The van der Waals surface area contributed by atoms with Gasteiger partial charge in [0, 0.05) is 32.1 Å². The van der Waals surface area contributed by atoms with E-state index in [1.807, 2.05) is 29.6 Å². The van der Waals surface area contributed by atoms with Gasteiger partial charge in [0.1, 0.15) is 9.71 Å². The zero-order valence-corrected chi connectivity index (χ0v) is 21.6. The first-order valence-electron chi connectivity index (χ1n) is 10.7. The molecule has 1 amide bonds. The molecular weight excluding hydrogens is 533 g/mol. The number of nitrogen functional groups attached to an aromatic ring is 1. The first-order valence-corrected chi connectivity index (χ1v) is 13.2. The molecule has 0 aliphatic rings. The van der Waals surface area contributed by atoms with E-state index in [4.69, 9.17) is 28.9 Å². The van der Waals surface area contributed by atoms with E-state index in [9.17, 15) is 9.59 Å². The van der Waals surface area contributed by atoms with Gasteiger partial charge in [0.05, 0.1) is 16.4 Å². The quantitative estimate of drug-likeness (QED) is 0.165. The van der Waals surface area contributed by atoms with Crippen molar-refractivity contribution < 1.29 is 9.59 Å². The molecule has 3 heterocycles. The van der Waals surface area contributed by atoms with Crippen molar-refractivity contribution in [2.45, 2.75) is 0 Å². The van der Waals surface area contributed by atoms with Crippen molar-refractivity contribution in [3.05, 3.63) is 104 Å². The zero-order chi connectivity index (χ0) is 25.2. The fourth-order valence-electron chi connectivity index (χ4n) is 3.56. The third kappa shape index (κ3) is 5.05. The molecule has 0 atom stereocenters. The first-order chi connectivity index (χ1) is 17.4. The van der Waals surface area contributed by atoms with Crippen LogP contribution in [-0.2, 0) is 0 Å². The summed E-state index contributed by atoms with van der Waals surface area (Å²) < 4.78 is 0. The monoisotopic (exact) mass is 549 g/mol. The van der Waals surface area contributed by atoms with Gasteiger partial charge in [-0.15, -0.1) is 22.7 Å². The Balaban J connectivity index is 1.33. The lowest BCUT2D eigenvalue weighted by molar-refractivity contribution is 0.102. The van der Waals surface area contributed by atoms with Gasteiger partial charge in [0.2, 0.25) is 0 Å². The average molecular weight is 550 g/mol. The topological polar surface area (TPSA) is 85.1 Å². The van der Waals surface area contributed by atoms with Crippen molar-refractivity contribution in [1.29, 1.82) is 0 Å². The minimum absolute atomic E-state index is 0.113. The van der Waals surface area contributed by atoms with E-state index in [0.717, 1.165) is 10.4 Å². The molecule has 2 aromatic carbocycles. The lowest BCUT2D eigenvalue weighted by atomic mass is 10.1. The third-order valence-corrected chi connectivity index (χ3v) is 7.88. The van der Waals surface area contributed by atoms with Gasteiger partial charge in [-0.25, -0.2) is 4.98 Å². The number of carbonyl (C=O) groups is 2. The Morgan fingerprint density at radius 1 is 1.00 bits per heavy atom. The van der Waals surface area contributed by atoms with Gasteiger partial charge in [-0.05, 0) is 78.2 Å². The predicted molar refractivity (Wildman–Crippen MR) is 152 cm³/mol. The second kappa shape index (κ2) is 10.2. The van der Waals surface area contributed by atoms with Gasteiger partial charge in [0.25, 0.3) is 5.91 Å². The molecule has 36 heavy (non-hydrogen) atoms. The van der Waals surface area contributed by atoms with Gasteiger partial charge in [-0.3, -0.25) is 9.59 Å². The summed E-state index contributed by atoms with van der Waals surface area (Å²) in [6.07, 6.45) is 3.32. The van der Waals surface area contributed by atoms with Gasteiger partial charge in [-0.1, -0.05) is 29.3 Å². The normalized spacial score (nSPS) is 11.3. The van der Waals surface area contributed by atoms with Crippen LogP contribution in [0, 0.1) is 0 Å². The van der Waals surface area contributed by atoms with Crippen molar-refractivity contribution in [2.75, 3.05) is 11.1 Å². The highest BCUT2D eigenvalue weighted by Gasteiger charge is 2.19. The summed E-state index contributed by atoms with van der Waals surface area (Å²) in [4.78, 5) is 32.0. The fourth-order valence-corrected chi connectivity index (χ4v) is 5.67. The highest BCUT2D eigenvalue weighted by molar-refractivity contribution is 7.21. The fraction of sp³-hybridized carbons (Fsp3) is 0. The molecule has 0 saturated heterocycles. The molecule has 0 fully saturated rings. The predicted octanol–water partition coefficient (Wildman–Crippen LogP) is 8.06. The molecule has 3 aromatic heterocycles. The van der Waals surface area contributed by atoms with E-state index in [0.29, 0.717) is 47.8 Å². The van der Waals surface area contributed by atoms with E-state index < -0.39 is 0 Å². The lowest BCUT2D eigenvalue weighted by Crippen LogP contribution is -2.12. The number of carbonyl (C=O) groups excluding carboxylic acids is 2. The summed E-state index contributed by atoms with van der Waals surface area (Å²) in [6.45, 7) is 0. The summed E-state index contributed by atoms with van der Waals surface area (Å²) >= 11 is 15.1. The Bertz CT molecular complexity index is 1630. The van der Waals surface area contributed by atoms with Crippen LogP contribution in [0.15, 0.2) is 78.2 Å². The summed E-state index contributed by atoms with van der Waals surface area (Å²) in [6, 6.07) is 19.4. The maximum absolute atomic E-state index is 13.0. The number of ketones is 1. The Hall–Kier alpha value is -3.49. The molecule has 0 spiro atoms. The number of hydrogen-bond donors (Lipinski definition) is 2. The molecule has 5 nitrogen and oxygen atoms in total. The summed E-state index contributed by atoms with van der Waals surface area (Å²) in [7, 11) is 0. The molecule has 0 unspecified atom stereocenters. The second-order valence-electron chi connectivity index (χ2n) is 7.76. The third-order valence-electron chi connectivity index (χ3n) is 5.38. The van der Waals surface area contributed by atoms with Crippen LogP contribution in [-0.4, -0.2) is 16.7 Å². The van der Waals surface area contributed by atoms with Crippen LogP contribution < -0.4 is 11.1 Å². The molecule has 5 aromatic rings. The number of benzene rings is 2. The smallest absolute Gasteiger partial charge is 0.267 e. The number of rotatable bonds is 6. The molecule has 5 rings (SSSR count). The maximum Gasteiger partial charge on any atom is 0.267 e.